The van der Waals surface area contributed by atoms with E-state index in [0.717, 1.165) is 18.5 Å². The van der Waals surface area contributed by atoms with Crippen molar-refractivity contribution in [2.75, 3.05) is 19.0 Å². The second kappa shape index (κ2) is 7.71. The van der Waals surface area contributed by atoms with Gasteiger partial charge in [-0.15, -0.1) is 0 Å². The summed E-state index contributed by atoms with van der Waals surface area (Å²) in [7, 11) is 1.85. The quantitative estimate of drug-likeness (QED) is 0.581. The van der Waals surface area contributed by atoms with Gasteiger partial charge in [-0.2, -0.15) is 0 Å². The van der Waals surface area contributed by atoms with Gasteiger partial charge >= 0.3 is 5.97 Å². The van der Waals surface area contributed by atoms with Gasteiger partial charge in [0.2, 0.25) is 0 Å². The number of unbranched alkanes of at least 4 members (excludes halogenated alkanes) is 3. The molecule has 0 atom stereocenters. The van der Waals surface area contributed by atoms with Crippen LogP contribution in [0.25, 0.3) is 0 Å². The zero-order chi connectivity index (χ0) is 12.5. The molecule has 3 nitrogen and oxygen atoms in total. The number of ether oxygens (including phenoxy) is 1. The Hall–Kier alpha value is -1.51. The highest BCUT2D eigenvalue weighted by molar-refractivity contribution is 5.89. The van der Waals surface area contributed by atoms with Crippen LogP contribution >= 0.6 is 0 Å². The van der Waals surface area contributed by atoms with Gasteiger partial charge in [-0.25, -0.2) is 4.79 Å². The molecule has 1 rings (SSSR count). The molecule has 0 spiro atoms. The number of benzene rings is 1. The number of carbonyl (C=O) groups excluding carboxylic acids is 1. The molecule has 0 aromatic heterocycles. The first-order valence-electron chi connectivity index (χ1n) is 6.23. The summed E-state index contributed by atoms with van der Waals surface area (Å²) >= 11 is 0. The van der Waals surface area contributed by atoms with Gasteiger partial charge in [0.1, 0.15) is 0 Å². The van der Waals surface area contributed by atoms with Crippen LogP contribution in [0.2, 0.25) is 0 Å². The Bertz CT molecular complexity index is 333. The SMILES string of the molecule is CCCCCCOC(=O)c1ccc(NC)cc1. The molecule has 0 saturated carbocycles. The van der Waals surface area contributed by atoms with Gasteiger partial charge < -0.3 is 10.1 Å². The van der Waals surface area contributed by atoms with Crippen molar-refractivity contribution in [1.29, 1.82) is 0 Å². The monoisotopic (exact) mass is 235 g/mol. The van der Waals surface area contributed by atoms with E-state index < -0.39 is 0 Å². The van der Waals surface area contributed by atoms with Crippen LogP contribution in [0.4, 0.5) is 5.69 Å². The Kier molecular flexibility index (Phi) is 6.15. The fourth-order valence-electron chi connectivity index (χ4n) is 1.55. The first-order valence-corrected chi connectivity index (χ1v) is 6.23. The van der Waals surface area contributed by atoms with E-state index in [1.54, 1.807) is 12.1 Å². The first kappa shape index (κ1) is 13.6. The molecule has 0 heterocycles. The summed E-state index contributed by atoms with van der Waals surface area (Å²) in [5.41, 5.74) is 1.60. The Morgan fingerprint density at radius 1 is 1.18 bits per heavy atom. The first-order chi connectivity index (χ1) is 8.27. The smallest absolute Gasteiger partial charge is 0.338 e. The molecule has 17 heavy (non-hydrogen) atoms. The molecule has 1 aromatic rings. The Morgan fingerprint density at radius 3 is 2.47 bits per heavy atom. The molecule has 0 unspecified atom stereocenters. The molecule has 94 valence electrons. The van der Waals surface area contributed by atoms with Crippen molar-refractivity contribution < 1.29 is 9.53 Å². The summed E-state index contributed by atoms with van der Waals surface area (Å²) in [6, 6.07) is 7.29. The Balaban J connectivity index is 2.31. The van der Waals surface area contributed by atoms with Gasteiger partial charge in [-0.3, -0.25) is 0 Å². The summed E-state index contributed by atoms with van der Waals surface area (Å²) in [4.78, 5) is 11.6. The number of carbonyl (C=O) groups is 1. The maximum Gasteiger partial charge on any atom is 0.338 e. The second-order valence-electron chi connectivity index (χ2n) is 4.02. The highest BCUT2D eigenvalue weighted by atomic mass is 16.5. The summed E-state index contributed by atoms with van der Waals surface area (Å²) in [6.07, 6.45) is 4.48. The molecule has 0 amide bonds. The van der Waals surface area contributed by atoms with Gasteiger partial charge in [-0.1, -0.05) is 26.2 Å². The van der Waals surface area contributed by atoms with Crippen LogP contribution in [0.3, 0.4) is 0 Å². The lowest BCUT2D eigenvalue weighted by molar-refractivity contribution is 0.0498. The van der Waals surface area contributed by atoms with E-state index in [4.69, 9.17) is 4.74 Å². The molecule has 0 aliphatic carbocycles. The summed E-state index contributed by atoms with van der Waals surface area (Å²) < 4.78 is 5.19. The van der Waals surface area contributed by atoms with Gasteiger partial charge in [0.15, 0.2) is 0 Å². The number of hydrogen-bond donors (Lipinski definition) is 1. The molecule has 0 bridgehead atoms. The van der Waals surface area contributed by atoms with Crippen LogP contribution in [-0.2, 0) is 4.74 Å². The van der Waals surface area contributed by atoms with Crippen LogP contribution in [-0.4, -0.2) is 19.6 Å². The number of nitrogens with one attached hydrogen (secondary N) is 1. The number of hydrogen-bond acceptors (Lipinski definition) is 3. The zero-order valence-corrected chi connectivity index (χ0v) is 10.7. The fourth-order valence-corrected chi connectivity index (χ4v) is 1.55. The normalized spacial score (nSPS) is 10.0. The van der Waals surface area contributed by atoms with Crippen LogP contribution in [0, 0.1) is 0 Å². The third-order valence-electron chi connectivity index (χ3n) is 2.64. The van der Waals surface area contributed by atoms with E-state index in [1.165, 1.54) is 12.8 Å². The molecule has 0 aliphatic rings. The lowest BCUT2D eigenvalue weighted by Crippen LogP contribution is -2.06. The molecule has 1 N–H and O–H groups in total. The van der Waals surface area contributed by atoms with Gasteiger partial charge in [-0.05, 0) is 30.7 Å². The van der Waals surface area contributed by atoms with E-state index in [0.29, 0.717) is 12.2 Å². The average Bonchev–Trinajstić information content (AvgIpc) is 2.38. The van der Waals surface area contributed by atoms with Crippen LogP contribution < -0.4 is 5.32 Å². The fraction of sp³-hybridized carbons (Fsp3) is 0.500. The van der Waals surface area contributed by atoms with E-state index in [9.17, 15) is 4.79 Å². The van der Waals surface area contributed by atoms with Gasteiger partial charge in [0, 0.05) is 12.7 Å². The largest absolute Gasteiger partial charge is 0.462 e. The van der Waals surface area contributed by atoms with Crippen LogP contribution in [0.15, 0.2) is 24.3 Å². The van der Waals surface area contributed by atoms with Crippen molar-refractivity contribution in [2.45, 2.75) is 32.6 Å². The predicted molar refractivity (Wildman–Crippen MR) is 70.4 cm³/mol. The lowest BCUT2D eigenvalue weighted by Gasteiger charge is -2.05. The molecule has 0 aliphatic heterocycles. The predicted octanol–water partition coefficient (Wildman–Crippen LogP) is 3.47. The molecular weight excluding hydrogens is 214 g/mol. The van der Waals surface area contributed by atoms with Crippen LogP contribution in [0.5, 0.6) is 0 Å². The summed E-state index contributed by atoms with van der Waals surface area (Å²) in [5, 5.41) is 3.01. The Morgan fingerprint density at radius 2 is 1.88 bits per heavy atom. The molecule has 1 aromatic carbocycles. The van der Waals surface area contributed by atoms with Crippen molar-refractivity contribution in [3.8, 4) is 0 Å². The van der Waals surface area contributed by atoms with Crippen molar-refractivity contribution in [3.63, 3.8) is 0 Å². The van der Waals surface area contributed by atoms with Crippen molar-refractivity contribution in [3.05, 3.63) is 29.8 Å². The summed E-state index contributed by atoms with van der Waals surface area (Å²) in [5.74, 6) is -0.232. The molecule has 0 saturated heterocycles. The second-order valence-corrected chi connectivity index (χ2v) is 4.02. The van der Waals surface area contributed by atoms with E-state index in [2.05, 4.69) is 12.2 Å². The Labute approximate surface area is 103 Å². The third-order valence-corrected chi connectivity index (χ3v) is 2.64. The topological polar surface area (TPSA) is 38.3 Å². The summed E-state index contributed by atoms with van der Waals surface area (Å²) in [6.45, 7) is 2.68. The molecule has 0 radical (unpaired) electrons. The highest BCUT2D eigenvalue weighted by Gasteiger charge is 2.05. The standard InChI is InChI=1S/C14H21NO2/c1-3-4-5-6-11-17-14(16)12-7-9-13(15-2)10-8-12/h7-10,15H,3-6,11H2,1-2H3. The minimum Gasteiger partial charge on any atom is -0.462 e. The maximum atomic E-state index is 11.6. The number of esters is 1. The van der Waals surface area contributed by atoms with Crippen molar-refractivity contribution >= 4 is 11.7 Å². The highest BCUT2D eigenvalue weighted by Crippen LogP contribution is 2.10. The van der Waals surface area contributed by atoms with Crippen molar-refractivity contribution in [1.82, 2.24) is 0 Å². The number of anilines is 1. The molecule has 3 heteroatoms. The van der Waals surface area contributed by atoms with Crippen molar-refractivity contribution in [2.24, 2.45) is 0 Å². The third kappa shape index (κ3) is 4.89. The van der Waals surface area contributed by atoms with Gasteiger partial charge in [0.05, 0.1) is 12.2 Å². The molecular formula is C14H21NO2. The van der Waals surface area contributed by atoms with E-state index in [-0.39, 0.29) is 5.97 Å². The van der Waals surface area contributed by atoms with Gasteiger partial charge in [0.25, 0.3) is 0 Å². The minimum atomic E-state index is -0.232. The van der Waals surface area contributed by atoms with E-state index >= 15 is 0 Å². The zero-order valence-electron chi connectivity index (χ0n) is 10.7. The van der Waals surface area contributed by atoms with E-state index in [1.807, 2.05) is 19.2 Å². The van der Waals surface area contributed by atoms with Crippen LogP contribution in [0.1, 0.15) is 43.0 Å². The average molecular weight is 235 g/mol. The molecule has 0 fully saturated rings. The lowest BCUT2D eigenvalue weighted by atomic mass is 10.2. The number of rotatable bonds is 7. The maximum absolute atomic E-state index is 11.6. The minimum absolute atomic E-state index is 0.232.